The molecule has 3 heterocycles. The van der Waals surface area contributed by atoms with Gasteiger partial charge in [0, 0.05) is 25.7 Å². The first-order chi connectivity index (χ1) is 13.3. The van der Waals surface area contributed by atoms with E-state index in [1.807, 2.05) is 6.07 Å². The molecule has 3 aromatic rings. The molecule has 1 saturated heterocycles. The van der Waals surface area contributed by atoms with Crippen LogP contribution in [0.3, 0.4) is 0 Å². The average Bonchev–Trinajstić information content (AvgIpc) is 3.20. The summed E-state index contributed by atoms with van der Waals surface area (Å²) >= 11 is 0. The number of amides is 1. The zero-order valence-corrected chi connectivity index (χ0v) is 15.0. The number of H-pyrrole nitrogens is 2. The fourth-order valence-electron chi connectivity index (χ4n) is 3.42. The Bertz CT molecular complexity index is 968. The van der Waals surface area contributed by atoms with Gasteiger partial charge in [-0.05, 0) is 30.5 Å². The second kappa shape index (κ2) is 6.79. The van der Waals surface area contributed by atoms with Gasteiger partial charge in [-0.1, -0.05) is 6.07 Å². The minimum absolute atomic E-state index is 0.102. The van der Waals surface area contributed by atoms with Crippen molar-refractivity contribution in [3.8, 4) is 11.5 Å². The minimum atomic E-state index is -0.102. The maximum absolute atomic E-state index is 12.4. The fraction of sp³-hybridized carbons (Fsp3) is 0.421. The Morgan fingerprint density at radius 1 is 1.30 bits per heavy atom. The van der Waals surface area contributed by atoms with Crippen molar-refractivity contribution >= 4 is 16.9 Å². The Hall–Kier alpha value is -2.71. The van der Waals surface area contributed by atoms with Crippen molar-refractivity contribution in [3.63, 3.8) is 0 Å². The maximum Gasteiger partial charge on any atom is 0.255 e. The smallest absolute Gasteiger partial charge is 0.255 e. The van der Waals surface area contributed by atoms with Gasteiger partial charge in [-0.25, -0.2) is 4.98 Å². The van der Waals surface area contributed by atoms with E-state index in [1.54, 1.807) is 6.20 Å². The number of ether oxygens (including phenoxy) is 1. The minimum Gasteiger partial charge on any atom is -0.379 e. The molecular weight excluding hydrogens is 344 g/mol. The van der Waals surface area contributed by atoms with E-state index in [2.05, 4.69) is 42.5 Å². The van der Waals surface area contributed by atoms with E-state index < -0.39 is 0 Å². The Morgan fingerprint density at radius 3 is 2.96 bits per heavy atom. The molecule has 0 unspecified atom stereocenters. The Morgan fingerprint density at radius 2 is 2.15 bits per heavy atom. The molecule has 8 heteroatoms. The Kier molecular flexibility index (Phi) is 4.14. The van der Waals surface area contributed by atoms with Crippen molar-refractivity contribution in [2.45, 2.75) is 25.4 Å². The summed E-state index contributed by atoms with van der Waals surface area (Å²) in [6.07, 6.45) is 3.66. The molecule has 3 N–H and O–H groups in total. The first-order valence-corrected chi connectivity index (χ1v) is 9.39. The third-order valence-electron chi connectivity index (χ3n) is 5.09. The zero-order valence-electron chi connectivity index (χ0n) is 15.0. The molecule has 0 atom stereocenters. The van der Waals surface area contributed by atoms with Crippen LogP contribution in [-0.4, -0.2) is 63.3 Å². The molecule has 0 spiro atoms. The standard InChI is InChI=1S/C19H22N6O2/c26-19(21-13-2-3-13)14-10-20-24-17(14)18-22-15-4-1-12(9-16(15)23-18)11-25-5-7-27-8-6-25/h1,4,9-10,13H,2-3,5-8,11H2,(H,20,24)(H,21,26)(H,22,23). The number of fused-ring (bicyclic) bond motifs is 1. The molecule has 1 aliphatic carbocycles. The molecule has 2 fully saturated rings. The van der Waals surface area contributed by atoms with Crippen LogP contribution in [0.25, 0.3) is 22.6 Å². The van der Waals surface area contributed by atoms with Crippen LogP contribution in [0.2, 0.25) is 0 Å². The van der Waals surface area contributed by atoms with Crippen LogP contribution in [-0.2, 0) is 11.3 Å². The lowest BCUT2D eigenvalue weighted by molar-refractivity contribution is 0.0342. The van der Waals surface area contributed by atoms with E-state index in [-0.39, 0.29) is 5.91 Å². The van der Waals surface area contributed by atoms with Crippen LogP contribution in [0.5, 0.6) is 0 Å². The lowest BCUT2D eigenvalue weighted by Crippen LogP contribution is -2.35. The molecule has 8 nitrogen and oxygen atoms in total. The molecule has 2 aliphatic rings. The van der Waals surface area contributed by atoms with Gasteiger partial charge in [-0.15, -0.1) is 0 Å². The molecule has 0 radical (unpaired) electrons. The number of rotatable bonds is 5. The molecule has 5 rings (SSSR count). The lowest BCUT2D eigenvalue weighted by Gasteiger charge is -2.26. The van der Waals surface area contributed by atoms with E-state index in [0.717, 1.165) is 56.7 Å². The quantitative estimate of drug-likeness (QED) is 0.638. The van der Waals surface area contributed by atoms with E-state index >= 15 is 0 Å². The van der Waals surface area contributed by atoms with E-state index in [4.69, 9.17) is 4.74 Å². The molecular formula is C19H22N6O2. The molecule has 1 aromatic carbocycles. The lowest BCUT2D eigenvalue weighted by atomic mass is 10.2. The molecule has 1 amide bonds. The summed E-state index contributed by atoms with van der Waals surface area (Å²) in [5, 5.41) is 9.96. The summed E-state index contributed by atoms with van der Waals surface area (Å²) in [4.78, 5) is 22.8. The van der Waals surface area contributed by atoms with Gasteiger partial charge >= 0.3 is 0 Å². The second-order valence-corrected chi connectivity index (χ2v) is 7.23. The van der Waals surface area contributed by atoms with Crippen LogP contribution >= 0.6 is 0 Å². The second-order valence-electron chi connectivity index (χ2n) is 7.23. The Labute approximate surface area is 156 Å². The first kappa shape index (κ1) is 16.5. The van der Waals surface area contributed by atoms with Gasteiger partial charge in [-0.3, -0.25) is 14.8 Å². The molecule has 1 saturated carbocycles. The number of hydrogen-bond donors (Lipinski definition) is 3. The molecule has 140 valence electrons. The number of carbonyl (C=O) groups excluding carboxylic acids is 1. The molecule has 1 aliphatic heterocycles. The van der Waals surface area contributed by atoms with E-state index in [0.29, 0.717) is 23.1 Å². The normalized spacial score (nSPS) is 18.1. The maximum atomic E-state index is 12.4. The summed E-state index contributed by atoms with van der Waals surface area (Å²) in [5.41, 5.74) is 4.21. The van der Waals surface area contributed by atoms with Gasteiger partial charge in [0.25, 0.3) is 5.91 Å². The number of imidazole rings is 1. The van der Waals surface area contributed by atoms with E-state index in [1.165, 1.54) is 5.56 Å². The van der Waals surface area contributed by atoms with Gasteiger partial charge in [0.15, 0.2) is 5.82 Å². The number of morpholine rings is 1. The first-order valence-electron chi connectivity index (χ1n) is 9.39. The Balaban J connectivity index is 1.40. The number of nitrogens with zero attached hydrogens (tertiary/aromatic N) is 3. The van der Waals surface area contributed by atoms with Crippen molar-refractivity contribution in [1.29, 1.82) is 0 Å². The number of nitrogens with one attached hydrogen (secondary N) is 3. The SMILES string of the molecule is O=C(NC1CC1)c1cn[nH]c1-c1nc2ccc(CN3CCOCC3)cc2[nH]1. The third kappa shape index (κ3) is 3.45. The molecule has 0 bridgehead atoms. The van der Waals surface area contributed by atoms with Gasteiger partial charge in [0.05, 0.1) is 36.0 Å². The van der Waals surface area contributed by atoms with Crippen molar-refractivity contribution in [3.05, 3.63) is 35.5 Å². The predicted molar refractivity (Wildman–Crippen MR) is 100 cm³/mol. The average molecular weight is 366 g/mol. The monoisotopic (exact) mass is 366 g/mol. The highest BCUT2D eigenvalue weighted by Gasteiger charge is 2.26. The molecule has 2 aromatic heterocycles. The molecule has 27 heavy (non-hydrogen) atoms. The van der Waals surface area contributed by atoms with Crippen molar-refractivity contribution in [1.82, 2.24) is 30.4 Å². The number of carbonyl (C=O) groups is 1. The van der Waals surface area contributed by atoms with Gasteiger partial charge in [0.2, 0.25) is 0 Å². The fourth-order valence-corrected chi connectivity index (χ4v) is 3.42. The third-order valence-corrected chi connectivity index (χ3v) is 5.09. The summed E-state index contributed by atoms with van der Waals surface area (Å²) in [5.74, 6) is 0.529. The van der Waals surface area contributed by atoms with Crippen LogP contribution in [0, 0.1) is 0 Å². The van der Waals surface area contributed by atoms with Crippen molar-refractivity contribution in [2.24, 2.45) is 0 Å². The number of aromatic amines is 2. The van der Waals surface area contributed by atoms with Crippen molar-refractivity contribution < 1.29 is 9.53 Å². The highest BCUT2D eigenvalue weighted by atomic mass is 16.5. The van der Waals surface area contributed by atoms with Crippen LogP contribution in [0.15, 0.2) is 24.4 Å². The highest BCUT2D eigenvalue weighted by Crippen LogP contribution is 2.25. The number of hydrogen-bond acceptors (Lipinski definition) is 5. The topological polar surface area (TPSA) is 98.9 Å². The highest BCUT2D eigenvalue weighted by molar-refractivity contribution is 5.99. The van der Waals surface area contributed by atoms with E-state index in [9.17, 15) is 4.79 Å². The zero-order chi connectivity index (χ0) is 18.2. The number of aromatic nitrogens is 4. The number of benzene rings is 1. The van der Waals surface area contributed by atoms with Gasteiger partial charge in [0.1, 0.15) is 5.69 Å². The van der Waals surface area contributed by atoms with Crippen LogP contribution in [0.1, 0.15) is 28.8 Å². The summed E-state index contributed by atoms with van der Waals surface area (Å²) < 4.78 is 5.41. The van der Waals surface area contributed by atoms with Crippen molar-refractivity contribution in [2.75, 3.05) is 26.3 Å². The summed E-state index contributed by atoms with van der Waals surface area (Å²) in [6, 6.07) is 6.56. The van der Waals surface area contributed by atoms with Gasteiger partial charge in [-0.2, -0.15) is 5.10 Å². The predicted octanol–water partition coefficient (Wildman–Crippen LogP) is 1.68. The van der Waals surface area contributed by atoms with Gasteiger partial charge < -0.3 is 15.0 Å². The largest absolute Gasteiger partial charge is 0.379 e. The summed E-state index contributed by atoms with van der Waals surface area (Å²) in [7, 11) is 0. The van der Waals surface area contributed by atoms with Crippen LogP contribution < -0.4 is 5.32 Å². The summed E-state index contributed by atoms with van der Waals surface area (Å²) in [6.45, 7) is 4.40. The van der Waals surface area contributed by atoms with Crippen LogP contribution in [0.4, 0.5) is 0 Å².